The molecule has 1 aromatic rings. The highest BCUT2D eigenvalue weighted by Gasteiger charge is 2.10. The van der Waals surface area contributed by atoms with Gasteiger partial charge in [0.05, 0.1) is 19.9 Å². The highest BCUT2D eigenvalue weighted by Crippen LogP contribution is 2.31. The van der Waals surface area contributed by atoms with E-state index in [2.05, 4.69) is 12.2 Å². The molecule has 0 fully saturated rings. The molecule has 0 aliphatic carbocycles. The number of rotatable bonds is 10. The Labute approximate surface area is 115 Å². The van der Waals surface area contributed by atoms with Crippen LogP contribution in [0.1, 0.15) is 32.3 Å². The van der Waals surface area contributed by atoms with Gasteiger partial charge in [0.25, 0.3) is 0 Å². The summed E-state index contributed by atoms with van der Waals surface area (Å²) in [5, 5.41) is 3.34. The summed E-state index contributed by atoms with van der Waals surface area (Å²) < 4.78 is 23.4. The van der Waals surface area contributed by atoms with Gasteiger partial charge in [0.15, 0.2) is 11.5 Å². The monoisotopic (exact) mass is 269 g/mol. The summed E-state index contributed by atoms with van der Waals surface area (Å²) in [6.07, 6.45) is 1.49. The fourth-order valence-corrected chi connectivity index (χ4v) is 1.76. The maximum atomic E-state index is 12.2. The molecule has 0 radical (unpaired) electrons. The van der Waals surface area contributed by atoms with Crippen molar-refractivity contribution in [2.24, 2.45) is 0 Å². The van der Waals surface area contributed by atoms with Crippen molar-refractivity contribution in [1.29, 1.82) is 0 Å². The van der Waals surface area contributed by atoms with Crippen LogP contribution < -0.4 is 14.8 Å². The minimum atomic E-state index is -0.361. The van der Waals surface area contributed by atoms with Crippen molar-refractivity contribution in [2.75, 3.05) is 26.4 Å². The molecule has 0 heterocycles. The minimum Gasteiger partial charge on any atom is -0.490 e. The van der Waals surface area contributed by atoms with E-state index in [0.29, 0.717) is 19.6 Å². The van der Waals surface area contributed by atoms with Crippen LogP contribution in [0.3, 0.4) is 0 Å². The number of para-hydroxylation sites is 1. The Morgan fingerprint density at radius 1 is 1.21 bits per heavy atom. The molecule has 4 heteroatoms. The van der Waals surface area contributed by atoms with E-state index in [-0.39, 0.29) is 6.67 Å². The molecule has 0 bridgehead atoms. The van der Waals surface area contributed by atoms with Crippen LogP contribution >= 0.6 is 0 Å². The molecule has 0 unspecified atom stereocenters. The standard InChI is InChI=1S/C15H24FNO2/c1-3-10-17-12-13-7-5-8-14(18-4-2)15(13)19-11-6-9-16/h5,7-8,17H,3-4,6,9-12H2,1-2H3. The largest absolute Gasteiger partial charge is 0.490 e. The highest BCUT2D eigenvalue weighted by molar-refractivity contribution is 5.46. The Hall–Kier alpha value is -1.29. The second kappa shape index (κ2) is 9.62. The van der Waals surface area contributed by atoms with Crippen molar-refractivity contribution in [3.05, 3.63) is 23.8 Å². The van der Waals surface area contributed by atoms with E-state index in [9.17, 15) is 4.39 Å². The molecule has 0 aromatic heterocycles. The molecule has 0 saturated heterocycles. The number of hydrogen-bond donors (Lipinski definition) is 1. The van der Waals surface area contributed by atoms with Gasteiger partial charge in [0.1, 0.15) is 0 Å². The van der Waals surface area contributed by atoms with Crippen molar-refractivity contribution in [1.82, 2.24) is 5.32 Å². The molecule has 1 rings (SSSR count). The summed E-state index contributed by atoms with van der Waals surface area (Å²) in [5.41, 5.74) is 1.05. The first-order chi connectivity index (χ1) is 9.33. The second-order valence-corrected chi connectivity index (χ2v) is 4.25. The smallest absolute Gasteiger partial charge is 0.165 e. The number of benzene rings is 1. The number of ether oxygens (including phenoxy) is 2. The summed E-state index contributed by atoms with van der Waals surface area (Å²) in [6, 6.07) is 5.85. The van der Waals surface area contributed by atoms with Gasteiger partial charge in [-0.25, -0.2) is 0 Å². The lowest BCUT2D eigenvalue weighted by Crippen LogP contribution is -2.15. The normalized spacial score (nSPS) is 10.5. The molecule has 108 valence electrons. The van der Waals surface area contributed by atoms with Gasteiger partial charge in [0, 0.05) is 18.5 Å². The van der Waals surface area contributed by atoms with E-state index in [0.717, 1.165) is 36.6 Å². The Morgan fingerprint density at radius 2 is 2.05 bits per heavy atom. The predicted octanol–water partition coefficient (Wildman–Crippen LogP) is 3.32. The van der Waals surface area contributed by atoms with Gasteiger partial charge in [-0.2, -0.15) is 0 Å². The fourth-order valence-electron chi connectivity index (χ4n) is 1.76. The molecule has 0 saturated carbocycles. The van der Waals surface area contributed by atoms with Crippen molar-refractivity contribution < 1.29 is 13.9 Å². The molecule has 19 heavy (non-hydrogen) atoms. The molecule has 0 atom stereocenters. The highest BCUT2D eigenvalue weighted by atomic mass is 19.1. The minimum absolute atomic E-state index is 0.361. The van der Waals surface area contributed by atoms with Gasteiger partial charge in [-0.05, 0) is 26.0 Å². The van der Waals surface area contributed by atoms with E-state index in [1.165, 1.54) is 0 Å². The topological polar surface area (TPSA) is 30.5 Å². The molecule has 0 amide bonds. The van der Waals surface area contributed by atoms with Crippen LogP contribution in [0.4, 0.5) is 4.39 Å². The molecular weight excluding hydrogens is 245 g/mol. The van der Waals surface area contributed by atoms with Gasteiger partial charge in [0.2, 0.25) is 0 Å². The number of hydrogen-bond acceptors (Lipinski definition) is 3. The maximum absolute atomic E-state index is 12.2. The molecule has 0 aliphatic heterocycles. The first-order valence-corrected chi connectivity index (χ1v) is 6.97. The summed E-state index contributed by atoms with van der Waals surface area (Å²) in [4.78, 5) is 0. The third kappa shape index (κ3) is 5.47. The Morgan fingerprint density at radius 3 is 2.74 bits per heavy atom. The van der Waals surface area contributed by atoms with Crippen LogP contribution in [-0.2, 0) is 6.54 Å². The SMILES string of the molecule is CCCNCc1cccc(OCC)c1OCCCF. The number of nitrogens with one attached hydrogen (secondary N) is 1. The van der Waals surface area contributed by atoms with Crippen LogP contribution in [0.15, 0.2) is 18.2 Å². The fraction of sp³-hybridized carbons (Fsp3) is 0.600. The van der Waals surface area contributed by atoms with Crippen LogP contribution in [0.25, 0.3) is 0 Å². The third-order valence-electron chi connectivity index (χ3n) is 2.63. The van der Waals surface area contributed by atoms with E-state index in [1.54, 1.807) is 0 Å². The molecule has 0 spiro atoms. The van der Waals surface area contributed by atoms with Gasteiger partial charge >= 0.3 is 0 Å². The van der Waals surface area contributed by atoms with Gasteiger partial charge < -0.3 is 14.8 Å². The zero-order valence-corrected chi connectivity index (χ0v) is 11.9. The van der Waals surface area contributed by atoms with Gasteiger partial charge in [-0.1, -0.05) is 19.1 Å². The quantitative estimate of drug-likeness (QED) is 0.661. The summed E-state index contributed by atoms with van der Waals surface area (Å²) in [6.45, 7) is 6.37. The Kier molecular flexibility index (Phi) is 7.98. The molecule has 3 nitrogen and oxygen atoms in total. The molecule has 0 aliphatic rings. The van der Waals surface area contributed by atoms with Gasteiger partial charge in [-0.15, -0.1) is 0 Å². The summed E-state index contributed by atoms with van der Waals surface area (Å²) >= 11 is 0. The van der Waals surface area contributed by atoms with Crippen LogP contribution in [-0.4, -0.2) is 26.4 Å². The summed E-state index contributed by atoms with van der Waals surface area (Å²) in [5.74, 6) is 1.47. The van der Waals surface area contributed by atoms with E-state index < -0.39 is 0 Å². The van der Waals surface area contributed by atoms with Crippen LogP contribution in [0.2, 0.25) is 0 Å². The Balaban J connectivity index is 2.77. The molecule has 1 aromatic carbocycles. The second-order valence-electron chi connectivity index (χ2n) is 4.25. The Bertz CT molecular complexity index is 358. The summed E-state index contributed by atoms with van der Waals surface area (Å²) in [7, 11) is 0. The maximum Gasteiger partial charge on any atom is 0.165 e. The number of alkyl halides is 1. The van der Waals surface area contributed by atoms with Gasteiger partial charge in [-0.3, -0.25) is 4.39 Å². The predicted molar refractivity (Wildman–Crippen MR) is 75.7 cm³/mol. The van der Waals surface area contributed by atoms with Crippen molar-refractivity contribution in [3.63, 3.8) is 0 Å². The first-order valence-electron chi connectivity index (χ1n) is 6.97. The lowest BCUT2D eigenvalue weighted by molar-refractivity contribution is 0.259. The van der Waals surface area contributed by atoms with E-state index in [4.69, 9.17) is 9.47 Å². The lowest BCUT2D eigenvalue weighted by atomic mass is 10.2. The number of halogens is 1. The average molecular weight is 269 g/mol. The lowest BCUT2D eigenvalue weighted by Gasteiger charge is -2.16. The average Bonchev–Trinajstić information content (AvgIpc) is 2.42. The molecule has 1 N–H and O–H groups in total. The van der Waals surface area contributed by atoms with Crippen LogP contribution in [0.5, 0.6) is 11.5 Å². The third-order valence-corrected chi connectivity index (χ3v) is 2.63. The van der Waals surface area contributed by atoms with Crippen molar-refractivity contribution in [2.45, 2.75) is 33.2 Å². The van der Waals surface area contributed by atoms with Crippen LogP contribution in [0, 0.1) is 0 Å². The first kappa shape index (κ1) is 15.8. The zero-order chi connectivity index (χ0) is 13.9. The van der Waals surface area contributed by atoms with E-state index >= 15 is 0 Å². The zero-order valence-electron chi connectivity index (χ0n) is 11.9. The molecular formula is C15H24FNO2. The van der Waals surface area contributed by atoms with Crippen molar-refractivity contribution in [3.8, 4) is 11.5 Å². The van der Waals surface area contributed by atoms with Crippen molar-refractivity contribution >= 4 is 0 Å². The van der Waals surface area contributed by atoms with E-state index in [1.807, 2.05) is 25.1 Å².